The van der Waals surface area contributed by atoms with Gasteiger partial charge in [-0.1, -0.05) is 17.4 Å². The van der Waals surface area contributed by atoms with Crippen LogP contribution in [-0.4, -0.2) is 16.7 Å². The fourth-order valence-electron chi connectivity index (χ4n) is 1.40. The number of nitrogens with one attached hydrogen (secondary N) is 1. The van der Waals surface area contributed by atoms with E-state index in [1.165, 1.54) is 12.1 Å². The van der Waals surface area contributed by atoms with Gasteiger partial charge in [0.1, 0.15) is 11.6 Å². The van der Waals surface area contributed by atoms with Gasteiger partial charge in [0.15, 0.2) is 5.01 Å². The zero-order chi connectivity index (χ0) is 12.4. The monoisotopic (exact) mass is 255 g/mol. The van der Waals surface area contributed by atoms with Gasteiger partial charge in [-0.25, -0.2) is 8.78 Å². The largest absolute Gasteiger partial charge is 0.360 e. The lowest BCUT2D eigenvalue weighted by atomic mass is 10.1. The third kappa shape index (κ3) is 2.26. The predicted molar refractivity (Wildman–Crippen MR) is 64.2 cm³/mol. The van der Waals surface area contributed by atoms with Crippen LogP contribution in [0.2, 0.25) is 0 Å². The van der Waals surface area contributed by atoms with Gasteiger partial charge in [-0.3, -0.25) is 0 Å². The van der Waals surface area contributed by atoms with Crippen LogP contribution >= 0.6 is 11.3 Å². The molecule has 0 aliphatic rings. The van der Waals surface area contributed by atoms with Gasteiger partial charge in [-0.2, -0.15) is 0 Å². The van der Waals surface area contributed by atoms with Gasteiger partial charge in [0.2, 0.25) is 5.13 Å². The average Bonchev–Trinajstić information content (AvgIpc) is 2.73. The lowest BCUT2D eigenvalue weighted by molar-refractivity contribution is 0.583. The molecule has 0 atom stereocenters. The van der Waals surface area contributed by atoms with Crippen molar-refractivity contribution >= 4 is 16.5 Å². The minimum atomic E-state index is -0.618. The van der Waals surface area contributed by atoms with Gasteiger partial charge >= 0.3 is 0 Å². The minimum absolute atomic E-state index is 0.105. The van der Waals surface area contributed by atoms with Crippen LogP contribution in [0.25, 0.3) is 10.6 Å². The molecule has 2 aromatic rings. The van der Waals surface area contributed by atoms with Crippen molar-refractivity contribution < 1.29 is 8.78 Å². The Hall–Kier alpha value is -1.56. The van der Waals surface area contributed by atoms with Crippen LogP contribution in [0.5, 0.6) is 0 Å². The maximum absolute atomic E-state index is 13.8. The van der Waals surface area contributed by atoms with E-state index in [4.69, 9.17) is 0 Å². The fourth-order valence-corrected chi connectivity index (χ4v) is 2.25. The van der Waals surface area contributed by atoms with E-state index in [0.717, 1.165) is 11.3 Å². The zero-order valence-corrected chi connectivity index (χ0v) is 10.2. The Labute approximate surface area is 102 Å². The number of benzene rings is 1. The summed E-state index contributed by atoms with van der Waals surface area (Å²) in [5, 5.41) is 11.4. The van der Waals surface area contributed by atoms with Gasteiger partial charge in [0.25, 0.3) is 0 Å². The maximum atomic E-state index is 13.8. The molecule has 0 aliphatic carbocycles. The molecule has 0 saturated carbocycles. The molecule has 0 saturated heterocycles. The normalized spacial score (nSPS) is 10.6. The second-order valence-corrected chi connectivity index (χ2v) is 4.47. The van der Waals surface area contributed by atoms with Crippen molar-refractivity contribution in [3.05, 3.63) is 29.3 Å². The molecule has 17 heavy (non-hydrogen) atoms. The van der Waals surface area contributed by atoms with Gasteiger partial charge in [0.05, 0.1) is 5.56 Å². The van der Waals surface area contributed by atoms with Crippen LogP contribution in [0.3, 0.4) is 0 Å². The van der Waals surface area contributed by atoms with Gasteiger partial charge in [0, 0.05) is 6.54 Å². The van der Waals surface area contributed by atoms with Crippen LogP contribution in [-0.2, 0) is 0 Å². The highest BCUT2D eigenvalue weighted by Gasteiger charge is 2.17. The Kier molecular flexibility index (Phi) is 3.33. The summed E-state index contributed by atoms with van der Waals surface area (Å²) < 4.78 is 27.4. The molecule has 0 amide bonds. The molecular weight excluding hydrogens is 244 g/mol. The minimum Gasteiger partial charge on any atom is -0.360 e. The summed E-state index contributed by atoms with van der Waals surface area (Å²) in [6.07, 6.45) is 0. The maximum Gasteiger partial charge on any atom is 0.206 e. The van der Waals surface area contributed by atoms with Crippen molar-refractivity contribution in [1.82, 2.24) is 10.2 Å². The van der Waals surface area contributed by atoms with Crippen LogP contribution in [0.15, 0.2) is 12.1 Å². The molecule has 1 aromatic carbocycles. The van der Waals surface area contributed by atoms with E-state index in [1.807, 2.05) is 6.92 Å². The molecule has 1 heterocycles. The Morgan fingerprint density at radius 1 is 1.29 bits per heavy atom. The van der Waals surface area contributed by atoms with Crippen molar-refractivity contribution in [1.29, 1.82) is 0 Å². The quantitative estimate of drug-likeness (QED) is 0.915. The van der Waals surface area contributed by atoms with E-state index in [-0.39, 0.29) is 10.6 Å². The number of hydrogen-bond donors (Lipinski definition) is 1. The first-order valence-electron chi connectivity index (χ1n) is 5.15. The molecule has 0 unspecified atom stereocenters. The molecule has 3 nitrogen and oxygen atoms in total. The Bertz CT molecular complexity index is 540. The van der Waals surface area contributed by atoms with E-state index in [1.54, 1.807) is 6.92 Å². The number of nitrogens with zero attached hydrogens (tertiary/aromatic N) is 2. The standard InChI is InChI=1S/C11H11F2N3S/c1-3-14-11-16-15-10(17-11)8-7(12)5-4-6(2)9(8)13/h4-5H,3H2,1-2H3,(H,14,16). The highest BCUT2D eigenvalue weighted by atomic mass is 32.1. The number of rotatable bonds is 3. The zero-order valence-electron chi connectivity index (χ0n) is 9.42. The summed E-state index contributed by atoms with van der Waals surface area (Å²) in [7, 11) is 0. The summed E-state index contributed by atoms with van der Waals surface area (Å²) >= 11 is 1.13. The summed E-state index contributed by atoms with van der Waals surface area (Å²) in [5.41, 5.74) is 0.285. The third-order valence-electron chi connectivity index (χ3n) is 2.25. The molecule has 90 valence electrons. The van der Waals surface area contributed by atoms with E-state index in [2.05, 4.69) is 15.5 Å². The molecule has 0 fully saturated rings. The Morgan fingerprint density at radius 2 is 2.06 bits per heavy atom. The van der Waals surface area contributed by atoms with Crippen LogP contribution in [0.4, 0.5) is 13.9 Å². The second-order valence-electron chi connectivity index (χ2n) is 3.50. The summed E-state index contributed by atoms with van der Waals surface area (Å²) in [6.45, 7) is 4.19. The summed E-state index contributed by atoms with van der Waals surface area (Å²) in [4.78, 5) is 0. The molecule has 2 rings (SSSR count). The molecule has 1 aromatic heterocycles. The molecule has 1 N–H and O–H groups in total. The molecule has 0 radical (unpaired) electrons. The third-order valence-corrected chi connectivity index (χ3v) is 3.15. The van der Waals surface area contributed by atoms with Crippen molar-refractivity contribution in [2.45, 2.75) is 13.8 Å². The first-order valence-corrected chi connectivity index (χ1v) is 5.97. The first-order chi connectivity index (χ1) is 8.13. The molecule has 0 spiro atoms. The van der Waals surface area contributed by atoms with Crippen molar-refractivity contribution in [2.75, 3.05) is 11.9 Å². The lowest BCUT2D eigenvalue weighted by Gasteiger charge is -2.03. The van der Waals surface area contributed by atoms with Gasteiger partial charge < -0.3 is 5.32 Å². The van der Waals surface area contributed by atoms with Crippen molar-refractivity contribution in [3.8, 4) is 10.6 Å². The van der Waals surface area contributed by atoms with Crippen LogP contribution < -0.4 is 5.32 Å². The smallest absolute Gasteiger partial charge is 0.206 e. The number of hydrogen-bond acceptors (Lipinski definition) is 4. The van der Waals surface area contributed by atoms with Crippen LogP contribution in [0.1, 0.15) is 12.5 Å². The SMILES string of the molecule is CCNc1nnc(-c2c(F)ccc(C)c2F)s1. The molecular formula is C11H11F2N3S. The highest BCUT2D eigenvalue weighted by Crippen LogP contribution is 2.31. The molecule has 0 bridgehead atoms. The highest BCUT2D eigenvalue weighted by molar-refractivity contribution is 7.18. The Balaban J connectivity index is 2.48. The van der Waals surface area contributed by atoms with E-state index >= 15 is 0 Å². The van der Waals surface area contributed by atoms with E-state index in [9.17, 15) is 8.78 Å². The topological polar surface area (TPSA) is 37.8 Å². The predicted octanol–water partition coefficient (Wildman–Crippen LogP) is 3.22. The number of halogens is 2. The number of aromatic nitrogens is 2. The lowest BCUT2D eigenvalue weighted by Crippen LogP contribution is -1.94. The second kappa shape index (κ2) is 4.75. The first kappa shape index (κ1) is 11.9. The van der Waals surface area contributed by atoms with Gasteiger partial charge in [-0.05, 0) is 25.5 Å². The Morgan fingerprint density at radius 3 is 2.76 bits per heavy atom. The molecule has 0 aliphatic heterocycles. The van der Waals surface area contributed by atoms with Gasteiger partial charge in [-0.15, -0.1) is 10.2 Å². The van der Waals surface area contributed by atoms with Crippen molar-refractivity contribution in [2.24, 2.45) is 0 Å². The summed E-state index contributed by atoms with van der Waals surface area (Å²) in [6, 6.07) is 2.64. The van der Waals surface area contributed by atoms with Crippen molar-refractivity contribution in [3.63, 3.8) is 0 Å². The van der Waals surface area contributed by atoms with E-state index in [0.29, 0.717) is 17.2 Å². The molecule has 6 heteroatoms. The average molecular weight is 255 g/mol. The summed E-state index contributed by atoms with van der Waals surface area (Å²) in [5.74, 6) is -1.20. The number of anilines is 1. The van der Waals surface area contributed by atoms with Crippen LogP contribution in [0, 0.1) is 18.6 Å². The number of aryl methyl sites for hydroxylation is 1. The van der Waals surface area contributed by atoms with E-state index < -0.39 is 11.6 Å². The fraction of sp³-hybridized carbons (Fsp3) is 0.273.